The third-order valence-electron chi connectivity index (χ3n) is 6.68. The Kier molecular flexibility index (Phi) is 15.8. The molecule has 0 bridgehead atoms. The Bertz CT molecular complexity index is 1090. The van der Waals surface area contributed by atoms with Crippen molar-refractivity contribution in [3.8, 4) is 0 Å². The van der Waals surface area contributed by atoms with Crippen molar-refractivity contribution in [2.45, 2.75) is 105 Å². The van der Waals surface area contributed by atoms with Gasteiger partial charge < -0.3 is 21.3 Å². The second kappa shape index (κ2) is 16.7. The van der Waals surface area contributed by atoms with E-state index < -0.39 is 0 Å². The van der Waals surface area contributed by atoms with Gasteiger partial charge in [0, 0.05) is 0 Å². The molecular formula is C38H59AlN4. The van der Waals surface area contributed by atoms with E-state index in [-0.39, 0.29) is 39.0 Å². The van der Waals surface area contributed by atoms with Gasteiger partial charge in [-0.2, -0.15) is 25.5 Å². The van der Waals surface area contributed by atoms with Crippen LogP contribution in [0.25, 0.3) is 16.0 Å². The Morgan fingerprint density at radius 1 is 0.465 bits per heavy atom. The molecule has 3 aromatic carbocycles. The molecule has 0 fully saturated rings. The second-order valence-corrected chi connectivity index (χ2v) is 15.2. The minimum Gasteiger partial charge on any atom is -0.668 e. The van der Waals surface area contributed by atoms with E-state index in [1.165, 1.54) is 22.3 Å². The Morgan fingerprint density at radius 2 is 0.674 bits per heavy atom. The molecule has 5 heteroatoms. The Labute approximate surface area is 276 Å². The van der Waals surface area contributed by atoms with Crippen molar-refractivity contribution in [1.29, 1.82) is 0 Å². The minimum atomic E-state index is 0. The van der Waals surface area contributed by atoms with E-state index in [2.05, 4.69) is 142 Å². The van der Waals surface area contributed by atoms with Gasteiger partial charge in [0.1, 0.15) is 0 Å². The maximum absolute atomic E-state index is 5.13. The van der Waals surface area contributed by atoms with Crippen molar-refractivity contribution in [3.63, 3.8) is 0 Å². The summed E-state index contributed by atoms with van der Waals surface area (Å²) in [6, 6.07) is 21.8. The van der Waals surface area contributed by atoms with Gasteiger partial charge in [0.05, 0.1) is 0 Å². The summed E-state index contributed by atoms with van der Waals surface area (Å²) in [5, 5.41) is 16.5. The molecule has 0 radical (unpaired) electrons. The Morgan fingerprint density at radius 3 is 0.860 bits per heavy atom. The van der Waals surface area contributed by atoms with Gasteiger partial charge in [-0.1, -0.05) is 144 Å². The first kappa shape index (κ1) is 40.7. The van der Waals surface area contributed by atoms with Gasteiger partial charge in [-0.3, -0.25) is 0 Å². The van der Waals surface area contributed by atoms with Crippen LogP contribution < -0.4 is 5.32 Å². The van der Waals surface area contributed by atoms with Crippen LogP contribution in [0.5, 0.6) is 0 Å². The number of nitrogens with zero attached hydrogens (tertiary/aromatic N) is 3. The fourth-order valence-corrected chi connectivity index (χ4v) is 4.01. The zero-order chi connectivity index (χ0) is 32.5. The maximum atomic E-state index is 5.13. The van der Waals surface area contributed by atoms with E-state index in [1.54, 1.807) is 14.1 Å². The Hall–Kier alpha value is -2.29. The molecule has 0 saturated heterocycles. The predicted molar refractivity (Wildman–Crippen MR) is 195 cm³/mol. The minimum absolute atomic E-state index is 0. The first-order valence-electron chi connectivity index (χ1n) is 15.1. The number of hydrogen-bond acceptors (Lipinski definition) is 1. The average Bonchev–Trinajstić information content (AvgIpc) is 2.84. The van der Waals surface area contributed by atoms with E-state index in [9.17, 15) is 0 Å². The second-order valence-electron chi connectivity index (χ2n) is 15.2. The zero-order valence-corrected chi connectivity index (χ0v) is 31.3. The largest absolute Gasteiger partial charge is 3.00 e. The van der Waals surface area contributed by atoms with Gasteiger partial charge in [0.15, 0.2) is 0 Å². The smallest absolute Gasteiger partial charge is 0.668 e. The van der Waals surface area contributed by atoms with Gasteiger partial charge in [0.2, 0.25) is 0 Å². The molecule has 0 spiro atoms. The summed E-state index contributed by atoms with van der Waals surface area (Å²) in [6.45, 7) is 27.1. The van der Waals surface area contributed by atoms with Crippen LogP contribution in [0.2, 0.25) is 0 Å². The molecule has 234 valence electrons. The van der Waals surface area contributed by atoms with Crippen molar-refractivity contribution in [2.75, 3.05) is 28.2 Å². The topological polar surface area (TPSA) is 54.3 Å². The van der Waals surface area contributed by atoms with Crippen molar-refractivity contribution in [3.05, 3.63) is 98.9 Å². The summed E-state index contributed by atoms with van der Waals surface area (Å²) in [5.74, 6) is 0. The van der Waals surface area contributed by atoms with Crippen molar-refractivity contribution >= 4 is 40.1 Å². The van der Waals surface area contributed by atoms with Crippen molar-refractivity contribution < 1.29 is 0 Å². The van der Waals surface area contributed by atoms with Crippen LogP contribution in [0.1, 0.15) is 105 Å². The molecular weight excluding hydrogens is 539 g/mol. The molecule has 1 N–H and O–H groups in total. The molecule has 0 amide bonds. The molecule has 0 saturated carbocycles. The summed E-state index contributed by atoms with van der Waals surface area (Å²) < 4.78 is 0. The average molecular weight is 599 g/mol. The van der Waals surface area contributed by atoms with Crippen LogP contribution >= 0.6 is 0 Å². The van der Waals surface area contributed by atoms with E-state index in [4.69, 9.17) is 10.6 Å². The van der Waals surface area contributed by atoms with Crippen LogP contribution in [0.15, 0.2) is 60.7 Å². The van der Waals surface area contributed by atoms with Crippen molar-refractivity contribution in [2.24, 2.45) is 0 Å². The number of hydrogen-bond donors (Lipinski definition) is 1. The number of nitrogens with one attached hydrogen (secondary N) is 1. The monoisotopic (exact) mass is 598 g/mol. The summed E-state index contributed by atoms with van der Waals surface area (Å²) in [5.41, 5.74) is 9.14. The fraction of sp³-hybridized carbons (Fsp3) is 0.526. The molecule has 4 nitrogen and oxygen atoms in total. The molecule has 0 atom stereocenters. The van der Waals surface area contributed by atoms with Gasteiger partial charge >= 0.3 is 17.4 Å². The molecule has 0 aromatic heterocycles. The quantitative estimate of drug-likeness (QED) is 0.298. The molecule has 0 heterocycles. The van der Waals surface area contributed by atoms with Gasteiger partial charge in [-0.05, 0) is 58.0 Å². The summed E-state index contributed by atoms with van der Waals surface area (Å²) in [6.07, 6.45) is 0. The third kappa shape index (κ3) is 13.5. The standard InChI is InChI=1S/C34H46N2.C2H7N.C2H6N.Al/c1-31(2,3)23-17-24(32(4,5)6)20-27(19-23)35-29-15-13-14-16-30(29)36-28-21-25(33(7,8)9)18-26(22-28)34(10,11)12;2*1-3-2;/h13-22H,1-12H3;3H,1-2H3;1-2H3;/q-2;;-1;+3. The van der Waals surface area contributed by atoms with Crippen LogP contribution in [-0.4, -0.2) is 45.6 Å². The molecule has 0 aliphatic heterocycles. The van der Waals surface area contributed by atoms with Crippen LogP contribution in [-0.2, 0) is 21.7 Å². The SMILES string of the molecule is CC(C)(C)c1cc([N-]c2ccccc2[N-]c2cc(C(C)(C)C)cc(C(C)(C)C)c2)cc(C(C)(C)C)c1.CNC.C[N-]C.[Al+3]. The van der Waals surface area contributed by atoms with E-state index in [1.807, 2.05) is 26.2 Å². The maximum Gasteiger partial charge on any atom is 3.00 e. The first-order chi connectivity index (χ1) is 19.2. The van der Waals surface area contributed by atoms with Crippen LogP contribution in [0.3, 0.4) is 0 Å². The van der Waals surface area contributed by atoms with Gasteiger partial charge in [-0.25, -0.2) is 0 Å². The van der Waals surface area contributed by atoms with E-state index >= 15 is 0 Å². The van der Waals surface area contributed by atoms with Gasteiger partial charge in [0.25, 0.3) is 0 Å². The summed E-state index contributed by atoms with van der Waals surface area (Å²) in [4.78, 5) is 0. The Balaban J connectivity index is 0.00000232. The normalized spacial score (nSPS) is 11.7. The summed E-state index contributed by atoms with van der Waals surface area (Å²) >= 11 is 0. The van der Waals surface area contributed by atoms with Gasteiger partial charge in [-0.15, -0.1) is 11.4 Å². The molecule has 0 aliphatic rings. The fourth-order valence-electron chi connectivity index (χ4n) is 4.01. The number of benzene rings is 3. The first-order valence-corrected chi connectivity index (χ1v) is 15.1. The summed E-state index contributed by atoms with van der Waals surface area (Å²) in [7, 11) is 7.25. The van der Waals surface area contributed by atoms with Crippen LogP contribution in [0.4, 0.5) is 22.7 Å². The molecule has 0 unspecified atom stereocenters. The molecule has 3 rings (SSSR count). The molecule has 3 aromatic rings. The number of para-hydroxylation sites is 2. The number of rotatable bonds is 4. The zero-order valence-electron chi connectivity index (χ0n) is 30.2. The molecule has 0 aliphatic carbocycles. The van der Waals surface area contributed by atoms with E-state index in [0.717, 1.165) is 22.7 Å². The van der Waals surface area contributed by atoms with Crippen molar-refractivity contribution in [1.82, 2.24) is 5.32 Å². The predicted octanol–water partition coefficient (Wildman–Crippen LogP) is 11.6. The molecule has 43 heavy (non-hydrogen) atoms. The van der Waals surface area contributed by atoms with Crippen LogP contribution in [0, 0.1) is 0 Å². The third-order valence-corrected chi connectivity index (χ3v) is 6.68. The van der Waals surface area contributed by atoms with E-state index in [0.29, 0.717) is 0 Å².